The second-order valence-corrected chi connectivity index (χ2v) is 6.26. The number of hydrogen-bond donors (Lipinski definition) is 5. The first-order valence-corrected chi connectivity index (χ1v) is 8.73. The maximum Gasteiger partial charge on any atom is 0.274 e. The van der Waals surface area contributed by atoms with Gasteiger partial charge >= 0.3 is 0 Å². The molecule has 0 spiro atoms. The van der Waals surface area contributed by atoms with Crippen LogP contribution in [0.15, 0.2) is 48.8 Å². The standard InChI is InChI=1S/C19H16ClN5O4/c1-21-18(28)15-16(23-9-22-15)19(29)25-11-4-2-10(3-5-11)24-17(27)13-7-6-12(26)8-14(13)20/h2-9,26H,1H3,(H,21,28)(H,22,23)(H,24,27)(H,25,29). The number of nitrogens with zero attached hydrogens (tertiary/aromatic N) is 1. The number of rotatable bonds is 5. The number of benzene rings is 2. The number of nitrogens with one attached hydrogen (secondary N) is 4. The minimum absolute atomic E-state index is 0.0142. The van der Waals surface area contributed by atoms with Gasteiger partial charge in [0, 0.05) is 18.4 Å². The molecule has 1 aromatic heterocycles. The maximum absolute atomic E-state index is 12.4. The number of carbonyl (C=O) groups is 3. The van der Waals surface area contributed by atoms with Crippen molar-refractivity contribution in [1.29, 1.82) is 0 Å². The van der Waals surface area contributed by atoms with Crippen molar-refractivity contribution < 1.29 is 19.5 Å². The summed E-state index contributed by atoms with van der Waals surface area (Å²) < 4.78 is 0. The van der Waals surface area contributed by atoms with Crippen LogP contribution in [0.2, 0.25) is 5.02 Å². The number of aromatic hydroxyl groups is 1. The summed E-state index contributed by atoms with van der Waals surface area (Å²) in [5.74, 6) is -1.50. The summed E-state index contributed by atoms with van der Waals surface area (Å²) >= 11 is 5.96. The molecule has 0 atom stereocenters. The zero-order valence-corrected chi connectivity index (χ0v) is 15.9. The Morgan fingerprint density at radius 2 is 1.59 bits per heavy atom. The largest absolute Gasteiger partial charge is 0.508 e. The topological polar surface area (TPSA) is 136 Å². The number of phenolic OH excluding ortho intramolecular Hbond substituents is 1. The molecule has 3 rings (SSSR count). The van der Waals surface area contributed by atoms with Gasteiger partial charge in [-0.15, -0.1) is 0 Å². The van der Waals surface area contributed by atoms with E-state index < -0.39 is 17.7 Å². The maximum atomic E-state index is 12.4. The molecule has 0 unspecified atom stereocenters. The van der Waals surface area contributed by atoms with Crippen LogP contribution in [0.4, 0.5) is 11.4 Å². The third kappa shape index (κ3) is 4.53. The summed E-state index contributed by atoms with van der Waals surface area (Å²) in [6.45, 7) is 0. The molecule has 1 heterocycles. The summed E-state index contributed by atoms with van der Waals surface area (Å²) in [5.41, 5.74) is 1.16. The minimum atomic E-state index is -0.534. The van der Waals surface area contributed by atoms with Crippen LogP contribution in [0.3, 0.4) is 0 Å². The fourth-order valence-corrected chi connectivity index (χ4v) is 2.74. The molecule has 10 heteroatoms. The van der Waals surface area contributed by atoms with Gasteiger partial charge in [0.05, 0.1) is 16.9 Å². The van der Waals surface area contributed by atoms with E-state index in [4.69, 9.17) is 11.6 Å². The van der Waals surface area contributed by atoms with Gasteiger partial charge in [0.2, 0.25) is 0 Å². The second kappa shape index (κ2) is 8.44. The van der Waals surface area contributed by atoms with E-state index in [0.29, 0.717) is 11.4 Å². The molecule has 9 nitrogen and oxygen atoms in total. The first-order chi connectivity index (χ1) is 13.9. The zero-order chi connectivity index (χ0) is 21.0. The molecular formula is C19H16ClN5O4. The number of anilines is 2. The fourth-order valence-electron chi connectivity index (χ4n) is 2.48. The molecule has 148 valence electrons. The van der Waals surface area contributed by atoms with Crippen molar-refractivity contribution in [1.82, 2.24) is 15.3 Å². The Balaban J connectivity index is 1.67. The quantitative estimate of drug-likeness (QED) is 0.438. The van der Waals surface area contributed by atoms with E-state index in [1.54, 1.807) is 24.3 Å². The van der Waals surface area contributed by atoms with Gasteiger partial charge in [-0.1, -0.05) is 11.6 Å². The van der Waals surface area contributed by atoms with Gasteiger partial charge in [-0.05, 0) is 42.5 Å². The predicted molar refractivity (Wildman–Crippen MR) is 107 cm³/mol. The monoisotopic (exact) mass is 413 g/mol. The van der Waals surface area contributed by atoms with E-state index in [1.165, 1.54) is 31.6 Å². The highest BCUT2D eigenvalue weighted by atomic mass is 35.5. The Morgan fingerprint density at radius 3 is 2.17 bits per heavy atom. The number of halogens is 1. The van der Waals surface area contributed by atoms with E-state index in [-0.39, 0.29) is 27.7 Å². The first-order valence-electron chi connectivity index (χ1n) is 8.35. The van der Waals surface area contributed by atoms with E-state index in [2.05, 4.69) is 25.9 Å². The molecular weight excluding hydrogens is 398 g/mol. The van der Waals surface area contributed by atoms with Crippen molar-refractivity contribution in [3.05, 3.63) is 70.8 Å². The molecule has 0 aliphatic carbocycles. The number of aromatic amines is 1. The molecule has 5 N–H and O–H groups in total. The average molecular weight is 414 g/mol. The van der Waals surface area contributed by atoms with Gasteiger partial charge in [0.15, 0.2) is 5.69 Å². The average Bonchev–Trinajstić information content (AvgIpc) is 3.19. The summed E-state index contributed by atoms with van der Waals surface area (Å²) in [4.78, 5) is 42.9. The van der Waals surface area contributed by atoms with Crippen LogP contribution in [0, 0.1) is 0 Å². The fraction of sp³-hybridized carbons (Fsp3) is 0.0526. The van der Waals surface area contributed by atoms with Crippen LogP contribution >= 0.6 is 11.6 Å². The highest BCUT2D eigenvalue weighted by Gasteiger charge is 2.19. The lowest BCUT2D eigenvalue weighted by molar-refractivity contribution is 0.0943. The molecule has 0 aliphatic heterocycles. The smallest absolute Gasteiger partial charge is 0.274 e. The van der Waals surface area contributed by atoms with Crippen LogP contribution in [0.25, 0.3) is 0 Å². The third-order valence-corrected chi connectivity index (χ3v) is 4.22. The Kier molecular flexibility index (Phi) is 5.79. The van der Waals surface area contributed by atoms with Crippen molar-refractivity contribution in [3.8, 4) is 5.75 Å². The minimum Gasteiger partial charge on any atom is -0.508 e. The predicted octanol–water partition coefficient (Wildman–Crippen LogP) is 2.63. The van der Waals surface area contributed by atoms with Gasteiger partial charge in [0.1, 0.15) is 11.4 Å². The van der Waals surface area contributed by atoms with Gasteiger partial charge in [-0.2, -0.15) is 0 Å². The molecule has 0 radical (unpaired) electrons. The summed E-state index contributed by atoms with van der Waals surface area (Å²) in [6, 6.07) is 10.4. The molecule has 3 aromatic rings. The van der Waals surface area contributed by atoms with Crippen molar-refractivity contribution in [2.45, 2.75) is 0 Å². The molecule has 0 aliphatic rings. The van der Waals surface area contributed by atoms with Gasteiger partial charge in [-0.25, -0.2) is 4.98 Å². The van der Waals surface area contributed by atoms with E-state index in [0.717, 1.165) is 0 Å². The van der Waals surface area contributed by atoms with E-state index in [9.17, 15) is 19.5 Å². The van der Waals surface area contributed by atoms with Crippen LogP contribution in [-0.4, -0.2) is 39.8 Å². The Labute approximate surface area is 170 Å². The lowest BCUT2D eigenvalue weighted by Gasteiger charge is -2.09. The summed E-state index contributed by atoms with van der Waals surface area (Å²) in [6.07, 6.45) is 1.26. The van der Waals surface area contributed by atoms with Crippen molar-refractivity contribution in [2.75, 3.05) is 17.7 Å². The zero-order valence-electron chi connectivity index (χ0n) is 15.1. The van der Waals surface area contributed by atoms with Crippen LogP contribution in [0.1, 0.15) is 31.3 Å². The summed E-state index contributed by atoms with van der Waals surface area (Å²) in [7, 11) is 1.44. The van der Waals surface area contributed by atoms with Gasteiger partial charge in [-0.3, -0.25) is 14.4 Å². The van der Waals surface area contributed by atoms with Crippen molar-refractivity contribution >= 4 is 40.7 Å². The second-order valence-electron chi connectivity index (χ2n) is 5.86. The number of phenols is 1. The Hall–Kier alpha value is -3.85. The molecule has 29 heavy (non-hydrogen) atoms. The SMILES string of the molecule is CNC(=O)c1nc[nH]c1C(=O)Nc1ccc(NC(=O)c2ccc(O)cc2Cl)cc1. The van der Waals surface area contributed by atoms with Crippen LogP contribution < -0.4 is 16.0 Å². The molecule has 0 bridgehead atoms. The molecule has 3 amide bonds. The van der Waals surface area contributed by atoms with Gasteiger partial charge < -0.3 is 26.0 Å². The lowest BCUT2D eigenvalue weighted by Crippen LogP contribution is -2.23. The van der Waals surface area contributed by atoms with E-state index >= 15 is 0 Å². The number of hydrogen-bond acceptors (Lipinski definition) is 5. The van der Waals surface area contributed by atoms with Crippen molar-refractivity contribution in [3.63, 3.8) is 0 Å². The number of imidazole rings is 1. The molecule has 0 fully saturated rings. The van der Waals surface area contributed by atoms with Crippen LogP contribution in [-0.2, 0) is 0 Å². The highest BCUT2D eigenvalue weighted by molar-refractivity contribution is 6.34. The lowest BCUT2D eigenvalue weighted by atomic mass is 10.2. The van der Waals surface area contributed by atoms with Crippen molar-refractivity contribution in [2.24, 2.45) is 0 Å². The number of carbonyl (C=O) groups excluding carboxylic acids is 3. The van der Waals surface area contributed by atoms with Gasteiger partial charge in [0.25, 0.3) is 17.7 Å². The van der Waals surface area contributed by atoms with Crippen LogP contribution in [0.5, 0.6) is 5.75 Å². The normalized spacial score (nSPS) is 10.3. The number of H-pyrrole nitrogens is 1. The summed E-state index contributed by atoms with van der Waals surface area (Å²) in [5, 5.41) is 17.2. The Bertz CT molecular complexity index is 1080. The molecule has 0 saturated carbocycles. The molecule has 0 saturated heterocycles. The number of amides is 3. The Morgan fingerprint density at radius 1 is 0.966 bits per heavy atom. The molecule has 2 aromatic carbocycles. The first kappa shape index (κ1) is 19.9. The number of aromatic nitrogens is 2. The van der Waals surface area contributed by atoms with E-state index in [1.807, 2.05) is 0 Å². The third-order valence-electron chi connectivity index (χ3n) is 3.91. The highest BCUT2D eigenvalue weighted by Crippen LogP contribution is 2.23.